The van der Waals surface area contributed by atoms with E-state index < -0.39 is 0 Å². The molecule has 0 aromatic carbocycles. The topological polar surface area (TPSA) is 41.0 Å². The molecule has 2 heterocycles. The van der Waals surface area contributed by atoms with Gasteiger partial charge in [0.1, 0.15) is 5.82 Å². The number of aromatic nitrogens is 2. The van der Waals surface area contributed by atoms with Gasteiger partial charge in [-0.2, -0.15) is 4.37 Å². The molecule has 1 N–H and O–H groups in total. The summed E-state index contributed by atoms with van der Waals surface area (Å²) in [5, 5.41) is 4.43. The van der Waals surface area contributed by atoms with Gasteiger partial charge in [0.05, 0.1) is 0 Å². The van der Waals surface area contributed by atoms with Crippen molar-refractivity contribution in [3.05, 3.63) is 5.82 Å². The molecular formula is C12H20N4S. The van der Waals surface area contributed by atoms with Gasteiger partial charge in [0, 0.05) is 37.1 Å². The zero-order chi connectivity index (χ0) is 11.9. The molecule has 5 heteroatoms. The number of hydrogen-bond donors (Lipinski definition) is 1. The van der Waals surface area contributed by atoms with Crippen LogP contribution in [0.25, 0.3) is 0 Å². The fourth-order valence-corrected chi connectivity index (χ4v) is 3.39. The van der Waals surface area contributed by atoms with Gasteiger partial charge in [-0.1, -0.05) is 6.92 Å². The van der Waals surface area contributed by atoms with Gasteiger partial charge in [-0.15, -0.1) is 0 Å². The molecule has 2 aliphatic rings. The van der Waals surface area contributed by atoms with E-state index in [2.05, 4.69) is 21.5 Å². The smallest absolute Gasteiger partial charge is 0.205 e. The number of nitrogens with zero attached hydrogens (tertiary/aromatic N) is 3. The Hall–Kier alpha value is -0.680. The summed E-state index contributed by atoms with van der Waals surface area (Å²) < 4.78 is 4.49. The van der Waals surface area contributed by atoms with Crippen molar-refractivity contribution in [1.29, 1.82) is 0 Å². The number of hydrogen-bond acceptors (Lipinski definition) is 5. The Morgan fingerprint density at radius 1 is 1.53 bits per heavy atom. The second kappa shape index (κ2) is 4.21. The fourth-order valence-electron chi connectivity index (χ4n) is 2.62. The summed E-state index contributed by atoms with van der Waals surface area (Å²) in [7, 11) is 2.03. The largest absolute Gasteiger partial charge is 0.346 e. The summed E-state index contributed by atoms with van der Waals surface area (Å²) in [5.41, 5.74) is 0.389. The highest BCUT2D eigenvalue weighted by Gasteiger charge is 2.35. The van der Waals surface area contributed by atoms with Gasteiger partial charge in [0.25, 0.3) is 0 Å². The highest BCUT2D eigenvalue weighted by atomic mass is 32.1. The average molecular weight is 252 g/mol. The Balaban J connectivity index is 1.68. The molecule has 0 amide bonds. The monoisotopic (exact) mass is 252 g/mol. The first kappa shape index (κ1) is 11.4. The van der Waals surface area contributed by atoms with Gasteiger partial charge in [-0.05, 0) is 31.7 Å². The van der Waals surface area contributed by atoms with Crippen molar-refractivity contribution in [3.63, 3.8) is 0 Å². The van der Waals surface area contributed by atoms with Gasteiger partial charge in [0.15, 0.2) is 0 Å². The van der Waals surface area contributed by atoms with Crippen LogP contribution in [0.5, 0.6) is 0 Å². The quantitative estimate of drug-likeness (QED) is 0.888. The van der Waals surface area contributed by atoms with Crippen LogP contribution in [0.3, 0.4) is 0 Å². The Labute approximate surface area is 107 Å². The van der Waals surface area contributed by atoms with E-state index in [1.165, 1.54) is 19.3 Å². The van der Waals surface area contributed by atoms with Crippen molar-refractivity contribution in [2.24, 2.45) is 5.41 Å². The Morgan fingerprint density at radius 2 is 2.35 bits per heavy atom. The minimum Gasteiger partial charge on any atom is -0.346 e. The molecule has 4 nitrogen and oxygen atoms in total. The minimum atomic E-state index is 0.389. The molecule has 0 spiro atoms. The van der Waals surface area contributed by atoms with E-state index in [1.54, 1.807) is 11.5 Å². The molecule has 1 aromatic heterocycles. The molecule has 1 saturated heterocycles. The summed E-state index contributed by atoms with van der Waals surface area (Å²) in [6, 6.07) is 0. The van der Waals surface area contributed by atoms with Crippen LogP contribution >= 0.6 is 11.5 Å². The zero-order valence-corrected chi connectivity index (χ0v) is 11.4. The molecular weight excluding hydrogens is 232 g/mol. The molecule has 1 aliphatic carbocycles. The molecule has 1 atom stereocenters. The molecule has 1 aliphatic heterocycles. The molecule has 17 heavy (non-hydrogen) atoms. The van der Waals surface area contributed by atoms with Crippen LogP contribution in [0.15, 0.2) is 0 Å². The normalized spacial score (nSPS) is 28.9. The highest BCUT2D eigenvalue weighted by Crippen LogP contribution is 2.41. The van der Waals surface area contributed by atoms with Crippen molar-refractivity contribution in [2.75, 3.05) is 31.6 Å². The molecule has 94 valence electrons. The molecule has 0 bridgehead atoms. The third kappa shape index (κ3) is 2.31. The molecule has 3 rings (SSSR count). The van der Waals surface area contributed by atoms with Crippen molar-refractivity contribution < 1.29 is 0 Å². The first-order valence-electron chi connectivity index (χ1n) is 6.43. The Morgan fingerprint density at radius 3 is 3.06 bits per heavy atom. The number of anilines is 1. The number of nitrogens with one attached hydrogen (secondary N) is 1. The van der Waals surface area contributed by atoms with E-state index in [-0.39, 0.29) is 0 Å². The van der Waals surface area contributed by atoms with E-state index in [0.29, 0.717) is 11.3 Å². The van der Waals surface area contributed by atoms with Crippen LogP contribution in [-0.2, 0) is 0 Å². The van der Waals surface area contributed by atoms with Gasteiger partial charge in [0.2, 0.25) is 5.13 Å². The van der Waals surface area contributed by atoms with Crippen LogP contribution in [0.2, 0.25) is 0 Å². The summed E-state index contributed by atoms with van der Waals surface area (Å²) >= 11 is 1.58. The Bertz CT molecular complexity index is 401. The summed E-state index contributed by atoms with van der Waals surface area (Å²) in [5.74, 6) is 1.76. The first-order valence-corrected chi connectivity index (χ1v) is 7.21. The lowest BCUT2D eigenvalue weighted by atomic mass is 9.90. The van der Waals surface area contributed by atoms with Crippen LogP contribution in [0.4, 0.5) is 5.13 Å². The van der Waals surface area contributed by atoms with E-state index in [4.69, 9.17) is 4.98 Å². The lowest BCUT2D eigenvalue weighted by Gasteiger charge is -2.23. The predicted molar refractivity (Wildman–Crippen MR) is 70.7 cm³/mol. The SMILES string of the molecule is CNCC1(C)CCN(c2nc(C3CC3)ns2)C1. The van der Waals surface area contributed by atoms with E-state index in [1.807, 2.05) is 7.05 Å². The fraction of sp³-hybridized carbons (Fsp3) is 0.833. The van der Waals surface area contributed by atoms with Crippen LogP contribution in [0.1, 0.15) is 37.9 Å². The van der Waals surface area contributed by atoms with E-state index >= 15 is 0 Å². The maximum Gasteiger partial charge on any atom is 0.205 e. The van der Waals surface area contributed by atoms with Gasteiger partial charge in [-0.3, -0.25) is 0 Å². The van der Waals surface area contributed by atoms with Crippen molar-refractivity contribution >= 4 is 16.7 Å². The predicted octanol–water partition coefficient (Wildman–Crippen LogP) is 1.85. The standard InChI is InChI=1S/C12H20N4S/c1-12(7-13-2)5-6-16(8-12)11-14-10(15-17-11)9-3-4-9/h9,13H,3-8H2,1-2H3. The second-order valence-corrected chi connectivity index (χ2v) is 6.45. The molecule has 1 unspecified atom stereocenters. The molecule has 0 radical (unpaired) electrons. The third-order valence-corrected chi connectivity index (χ3v) is 4.60. The lowest BCUT2D eigenvalue weighted by Crippen LogP contribution is -2.33. The highest BCUT2D eigenvalue weighted by molar-refractivity contribution is 7.09. The van der Waals surface area contributed by atoms with Crippen molar-refractivity contribution in [2.45, 2.75) is 32.1 Å². The van der Waals surface area contributed by atoms with Crippen LogP contribution in [0, 0.1) is 5.41 Å². The van der Waals surface area contributed by atoms with Crippen LogP contribution in [-0.4, -0.2) is 36.0 Å². The van der Waals surface area contributed by atoms with Gasteiger partial charge in [-0.25, -0.2) is 4.98 Å². The third-order valence-electron chi connectivity index (χ3n) is 3.81. The molecule has 1 aromatic rings. The average Bonchev–Trinajstić information content (AvgIpc) is 2.90. The maximum atomic E-state index is 4.69. The lowest BCUT2D eigenvalue weighted by molar-refractivity contribution is 0.356. The van der Waals surface area contributed by atoms with Crippen LogP contribution < -0.4 is 10.2 Å². The summed E-state index contributed by atoms with van der Waals surface area (Å²) in [4.78, 5) is 7.10. The summed E-state index contributed by atoms with van der Waals surface area (Å²) in [6.45, 7) is 5.66. The van der Waals surface area contributed by atoms with Crippen molar-refractivity contribution in [1.82, 2.24) is 14.7 Å². The Kier molecular flexibility index (Phi) is 2.83. The zero-order valence-electron chi connectivity index (χ0n) is 10.6. The van der Waals surface area contributed by atoms with E-state index in [9.17, 15) is 0 Å². The minimum absolute atomic E-state index is 0.389. The van der Waals surface area contributed by atoms with Gasteiger partial charge < -0.3 is 10.2 Å². The van der Waals surface area contributed by atoms with Gasteiger partial charge >= 0.3 is 0 Å². The maximum absolute atomic E-state index is 4.69. The second-order valence-electron chi connectivity index (χ2n) is 5.72. The van der Waals surface area contributed by atoms with E-state index in [0.717, 1.165) is 30.6 Å². The van der Waals surface area contributed by atoms with Crippen molar-refractivity contribution in [3.8, 4) is 0 Å². The first-order chi connectivity index (χ1) is 8.20. The summed E-state index contributed by atoms with van der Waals surface area (Å²) in [6.07, 6.45) is 3.81. The number of rotatable bonds is 4. The molecule has 1 saturated carbocycles. The molecule has 2 fully saturated rings.